The number of ketones is 1. The van der Waals surface area contributed by atoms with Crippen LogP contribution >= 0.6 is 22.9 Å². The minimum atomic E-state index is -0.00921. The molecule has 0 radical (unpaired) electrons. The lowest BCUT2D eigenvalue weighted by Crippen LogP contribution is -2.00. The van der Waals surface area contributed by atoms with Crippen LogP contribution in [0, 0.1) is 6.92 Å². The smallest absolute Gasteiger partial charge is 0.195 e. The van der Waals surface area contributed by atoms with Gasteiger partial charge in [0.2, 0.25) is 0 Å². The van der Waals surface area contributed by atoms with Crippen molar-refractivity contribution in [2.75, 3.05) is 7.11 Å². The maximum Gasteiger partial charge on any atom is 0.195 e. The summed E-state index contributed by atoms with van der Waals surface area (Å²) in [7, 11) is 1.62. The zero-order chi connectivity index (χ0) is 19.2. The third kappa shape index (κ3) is 5.00. The van der Waals surface area contributed by atoms with Gasteiger partial charge in [0.15, 0.2) is 5.78 Å². The molecule has 2 aromatic carbocycles. The minimum absolute atomic E-state index is 0.00921. The van der Waals surface area contributed by atoms with E-state index >= 15 is 0 Å². The molecule has 0 amide bonds. The molecule has 3 nitrogen and oxygen atoms in total. The molecule has 1 heterocycles. The lowest BCUT2D eigenvalue weighted by molar-refractivity contribution is 0.105. The normalized spacial score (nSPS) is 10.9. The van der Waals surface area contributed by atoms with E-state index in [1.165, 1.54) is 11.3 Å². The molecule has 0 aliphatic carbocycles. The first kappa shape index (κ1) is 19.2. The lowest BCUT2D eigenvalue weighted by Gasteiger charge is -2.12. The number of halogens is 1. The highest BCUT2D eigenvalue weighted by Gasteiger charge is 2.08. The Morgan fingerprint density at radius 3 is 2.67 bits per heavy atom. The second-order valence-corrected chi connectivity index (χ2v) is 7.32. The molecule has 0 saturated carbocycles. The summed E-state index contributed by atoms with van der Waals surface area (Å²) in [6, 6.07) is 15.1. The topological polar surface area (TPSA) is 35.5 Å². The van der Waals surface area contributed by atoms with E-state index in [-0.39, 0.29) is 5.78 Å². The summed E-state index contributed by atoms with van der Waals surface area (Å²) < 4.78 is 11.3. The van der Waals surface area contributed by atoms with Gasteiger partial charge in [0.05, 0.1) is 17.0 Å². The molecule has 5 heteroatoms. The number of aryl methyl sites for hydroxylation is 1. The molecule has 27 heavy (non-hydrogen) atoms. The van der Waals surface area contributed by atoms with Crippen molar-refractivity contribution >= 4 is 34.8 Å². The first-order valence-corrected chi connectivity index (χ1v) is 9.64. The predicted octanol–water partition coefficient (Wildman–Crippen LogP) is 6.19. The van der Waals surface area contributed by atoms with Crippen LogP contribution in [0.15, 0.2) is 60.0 Å². The van der Waals surface area contributed by atoms with E-state index in [2.05, 4.69) is 0 Å². The fraction of sp³-hybridized carbons (Fsp3) is 0.136. The average molecular weight is 399 g/mol. The van der Waals surface area contributed by atoms with E-state index in [0.717, 1.165) is 27.3 Å². The summed E-state index contributed by atoms with van der Waals surface area (Å²) in [5.41, 5.74) is 2.85. The maximum atomic E-state index is 12.1. The average Bonchev–Trinajstić information content (AvgIpc) is 3.20. The molecule has 1 aromatic heterocycles. The van der Waals surface area contributed by atoms with Crippen molar-refractivity contribution in [3.8, 4) is 11.5 Å². The van der Waals surface area contributed by atoms with Gasteiger partial charge in [-0.25, -0.2) is 0 Å². The number of thiophene rings is 1. The first-order valence-electron chi connectivity index (χ1n) is 8.38. The van der Waals surface area contributed by atoms with Crippen LogP contribution < -0.4 is 9.47 Å². The van der Waals surface area contributed by atoms with Crippen molar-refractivity contribution in [2.45, 2.75) is 13.5 Å². The summed E-state index contributed by atoms with van der Waals surface area (Å²) in [4.78, 5) is 12.8. The Bertz CT molecular complexity index is 962. The highest BCUT2D eigenvalue weighted by atomic mass is 35.5. The molecular formula is C22H19ClO3S. The summed E-state index contributed by atoms with van der Waals surface area (Å²) in [6.07, 6.45) is 3.37. The monoisotopic (exact) mass is 398 g/mol. The zero-order valence-corrected chi connectivity index (χ0v) is 16.6. The van der Waals surface area contributed by atoms with Crippen LogP contribution in [0.1, 0.15) is 26.4 Å². The van der Waals surface area contributed by atoms with Crippen LogP contribution in [-0.2, 0) is 6.61 Å². The Kier molecular flexibility index (Phi) is 6.32. The number of ether oxygens (including phenoxy) is 2. The van der Waals surface area contributed by atoms with Crippen molar-refractivity contribution in [1.82, 2.24) is 0 Å². The standard InChI is InChI=1S/C22H19ClO3S/c1-15-5-9-21(18(23)12-15)26-14-17-13-16(7-10-20(17)25-2)6-8-19(24)22-4-3-11-27-22/h3-13H,14H2,1-2H3/b8-6+. The van der Waals surface area contributed by atoms with Gasteiger partial charge in [0.1, 0.15) is 18.1 Å². The van der Waals surface area contributed by atoms with E-state index in [1.54, 1.807) is 19.3 Å². The molecule has 3 rings (SSSR count). The van der Waals surface area contributed by atoms with E-state index in [9.17, 15) is 4.79 Å². The summed E-state index contributed by atoms with van der Waals surface area (Å²) in [5.74, 6) is 1.34. The van der Waals surface area contributed by atoms with Gasteiger partial charge in [0, 0.05) is 5.56 Å². The Morgan fingerprint density at radius 1 is 1.15 bits per heavy atom. The second kappa shape index (κ2) is 8.89. The summed E-state index contributed by atoms with van der Waals surface area (Å²) in [6.45, 7) is 2.29. The Morgan fingerprint density at radius 2 is 1.96 bits per heavy atom. The van der Waals surface area contributed by atoms with E-state index in [1.807, 2.05) is 60.8 Å². The van der Waals surface area contributed by atoms with Crippen molar-refractivity contribution in [1.29, 1.82) is 0 Å². The minimum Gasteiger partial charge on any atom is -0.496 e. The first-order chi connectivity index (χ1) is 13.1. The number of benzene rings is 2. The van der Waals surface area contributed by atoms with Crippen molar-refractivity contribution in [2.24, 2.45) is 0 Å². The zero-order valence-electron chi connectivity index (χ0n) is 15.1. The number of rotatable bonds is 7. The molecule has 0 spiro atoms. The van der Waals surface area contributed by atoms with Gasteiger partial charge in [-0.1, -0.05) is 35.9 Å². The predicted molar refractivity (Wildman–Crippen MR) is 111 cm³/mol. The molecule has 138 valence electrons. The maximum absolute atomic E-state index is 12.1. The number of hydrogen-bond acceptors (Lipinski definition) is 4. The molecule has 0 bridgehead atoms. The highest BCUT2D eigenvalue weighted by molar-refractivity contribution is 7.12. The number of carbonyl (C=O) groups is 1. The second-order valence-electron chi connectivity index (χ2n) is 5.97. The van der Waals surface area contributed by atoms with Crippen LogP contribution in [0.25, 0.3) is 6.08 Å². The number of carbonyl (C=O) groups excluding carboxylic acids is 1. The number of methoxy groups -OCH3 is 1. The largest absolute Gasteiger partial charge is 0.496 e. The number of hydrogen-bond donors (Lipinski definition) is 0. The molecule has 0 aliphatic rings. The molecule has 0 atom stereocenters. The van der Waals surface area contributed by atoms with Crippen molar-refractivity contribution < 1.29 is 14.3 Å². The molecule has 0 N–H and O–H groups in total. The van der Waals surface area contributed by atoms with Gasteiger partial charge in [-0.15, -0.1) is 11.3 Å². The third-order valence-corrected chi connectivity index (χ3v) is 5.15. The molecule has 0 saturated heterocycles. The van der Waals surface area contributed by atoms with Gasteiger partial charge in [0.25, 0.3) is 0 Å². The van der Waals surface area contributed by atoms with Gasteiger partial charge in [-0.2, -0.15) is 0 Å². The van der Waals surface area contributed by atoms with E-state index in [4.69, 9.17) is 21.1 Å². The van der Waals surface area contributed by atoms with Crippen LogP contribution in [-0.4, -0.2) is 12.9 Å². The van der Waals surface area contributed by atoms with E-state index < -0.39 is 0 Å². The van der Waals surface area contributed by atoms with Crippen LogP contribution in [0.5, 0.6) is 11.5 Å². The number of allylic oxidation sites excluding steroid dienone is 1. The molecule has 3 aromatic rings. The van der Waals surface area contributed by atoms with E-state index in [0.29, 0.717) is 17.4 Å². The molecule has 0 unspecified atom stereocenters. The Hall–Kier alpha value is -2.56. The van der Waals surface area contributed by atoms with Gasteiger partial charge < -0.3 is 9.47 Å². The van der Waals surface area contributed by atoms with Gasteiger partial charge in [-0.05, 0) is 59.8 Å². The lowest BCUT2D eigenvalue weighted by atomic mass is 10.1. The Labute approximate surface area is 167 Å². The van der Waals surface area contributed by atoms with Crippen molar-refractivity contribution in [3.05, 3.63) is 86.6 Å². The quantitative estimate of drug-likeness (QED) is 0.351. The molecular weight excluding hydrogens is 380 g/mol. The fourth-order valence-electron chi connectivity index (χ4n) is 2.57. The molecule has 0 aliphatic heterocycles. The van der Waals surface area contributed by atoms with Crippen LogP contribution in [0.4, 0.5) is 0 Å². The van der Waals surface area contributed by atoms with Crippen molar-refractivity contribution in [3.63, 3.8) is 0 Å². The van der Waals surface area contributed by atoms with Gasteiger partial charge >= 0.3 is 0 Å². The fourth-order valence-corrected chi connectivity index (χ4v) is 3.50. The summed E-state index contributed by atoms with van der Waals surface area (Å²) >= 11 is 7.66. The highest BCUT2D eigenvalue weighted by Crippen LogP contribution is 2.28. The van der Waals surface area contributed by atoms with Crippen LogP contribution in [0.3, 0.4) is 0 Å². The molecule has 0 fully saturated rings. The SMILES string of the molecule is COc1ccc(/C=C/C(=O)c2cccs2)cc1COc1ccc(C)cc1Cl. The van der Waals surface area contributed by atoms with Gasteiger partial charge in [-0.3, -0.25) is 4.79 Å². The Balaban J connectivity index is 1.76. The third-order valence-electron chi connectivity index (χ3n) is 3.97. The summed E-state index contributed by atoms with van der Waals surface area (Å²) in [5, 5.41) is 2.46. The van der Waals surface area contributed by atoms with Crippen LogP contribution in [0.2, 0.25) is 5.02 Å².